The number of ether oxygens (including phenoxy) is 1. The first-order chi connectivity index (χ1) is 10.3. The Morgan fingerprint density at radius 3 is 1.78 bits per heavy atom. The van der Waals surface area contributed by atoms with E-state index in [4.69, 9.17) is 12.8 Å². The highest BCUT2D eigenvalue weighted by Crippen LogP contribution is 2.38. The van der Waals surface area contributed by atoms with E-state index in [0.717, 1.165) is 0 Å². The van der Waals surface area contributed by atoms with Gasteiger partial charge in [-0.3, -0.25) is 4.79 Å². The summed E-state index contributed by atoms with van der Waals surface area (Å²) in [6.45, 7) is -4.12. The van der Waals surface area contributed by atoms with Gasteiger partial charge in [0.1, 0.15) is 0 Å². The molecule has 130 valence electrons. The highest BCUT2D eigenvalue weighted by atomic mass is 19.4. The van der Waals surface area contributed by atoms with E-state index in [1.165, 1.54) is 0 Å². The molecule has 23 heavy (non-hydrogen) atoms. The SMILES string of the molecule is C#CCN(CC#C)C(=O)C(F)(OCC(F)C(F)(F)F)C(F)(F)F. The normalized spacial score (nSPS) is 15.9. The quantitative estimate of drug-likeness (QED) is 0.543. The van der Waals surface area contributed by atoms with Crippen LogP contribution in [0.5, 0.6) is 0 Å². The molecule has 0 aliphatic rings. The minimum atomic E-state index is -6.09. The minimum absolute atomic E-state index is 0.00825. The van der Waals surface area contributed by atoms with Gasteiger partial charge in [-0.25, -0.2) is 4.39 Å². The van der Waals surface area contributed by atoms with Crippen LogP contribution in [0.25, 0.3) is 0 Å². The standard InChI is InChI=1S/C12H9F8NO2/c1-3-5-21(6-4-2)9(22)10(14,12(18,19)20)23-7-8(13)11(15,16)17/h1-2,8H,5-7H2. The predicted molar refractivity (Wildman–Crippen MR) is 61.0 cm³/mol. The van der Waals surface area contributed by atoms with Gasteiger partial charge < -0.3 is 9.64 Å². The van der Waals surface area contributed by atoms with Gasteiger partial charge in [-0.15, -0.1) is 12.8 Å². The van der Waals surface area contributed by atoms with Crippen molar-refractivity contribution in [3.63, 3.8) is 0 Å². The maximum atomic E-state index is 13.9. The molecule has 0 aromatic heterocycles. The molecule has 0 aromatic carbocycles. The average molecular weight is 351 g/mol. The maximum absolute atomic E-state index is 13.9. The summed E-state index contributed by atoms with van der Waals surface area (Å²) in [5.41, 5.74) is 0. The second-order valence-electron chi connectivity index (χ2n) is 3.98. The number of nitrogens with zero attached hydrogens (tertiary/aromatic N) is 1. The van der Waals surface area contributed by atoms with E-state index in [9.17, 15) is 39.9 Å². The van der Waals surface area contributed by atoms with Crippen LogP contribution in [0.2, 0.25) is 0 Å². The molecule has 0 bridgehead atoms. The second-order valence-corrected chi connectivity index (χ2v) is 3.98. The van der Waals surface area contributed by atoms with Crippen molar-refractivity contribution in [2.75, 3.05) is 19.7 Å². The van der Waals surface area contributed by atoms with Crippen LogP contribution < -0.4 is 0 Å². The number of amides is 1. The van der Waals surface area contributed by atoms with Crippen LogP contribution in [0.1, 0.15) is 0 Å². The van der Waals surface area contributed by atoms with Crippen molar-refractivity contribution in [2.45, 2.75) is 24.4 Å². The first-order valence-corrected chi connectivity index (χ1v) is 5.58. The van der Waals surface area contributed by atoms with Gasteiger partial charge in [-0.05, 0) is 0 Å². The monoisotopic (exact) mass is 351 g/mol. The number of terminal acetylenes is 2. The molecule has 11 heteroatoms. The van der Waals surface area contributed by atoms with Crippen LogP contribution >= 0.6 is 0 Å². The molecule has 0 rings (SSSR count). The molecule has 0 aliphatic carbocycles. The fourth-order valence-electron chi connectivity index (χ4n) is 1.17. The molecule has 0 N–H and O–H groups in total. The van der Waals surface area contributed by atoms with Crippen molar-refractivity contribution in [3.8, 4) is 24.7 Å². The topological polar surface area (TPSA) is 29.5 Å². The summed E-state index contributed by atoms with van der Waals surface area (Å²) in [6, 6.07) is 0. The van der Waals surface area contributed by atoms with E-state index in [1.807, 2.05) is 0 Å². The molecule has 3 nitrogen and oxygen atoms in total. The Morgan fingerprint density at radius 2 is 1.48 bits per heavy atom. The first kappa shape index (κ1) is 21.0. The Hall–Kier alpha value is -2.01. The van der Waals surface area contributed by atoms with Gasteiger partial charge in [0, 0.05) is 0 Å². The lowest BCUT2D eigenvalue weighted by Crippen LogP contribution is -2.58. The molecule has 0 fully saturated rings. The van der Waals surface area contributed by atoms with Crippen molar-refractivity contribution in [1.29, 1.82) is 0 Å². The third-order valence-electron chi connectivity index (χ3n) is 2.27. The van der Waals surface area contributed by atoms with Crippen molar-refractivity contribution >= 4 is 5.91 Å². The number of rotatable bonds is 6. The molecular weight excluding hydrogens is 342 g/mol. The van der Waals surface area contributed by atoms with Crippen LogP contribution in [0.3, 0.4) is 0 Å². The highest BCUT2D eigenvalue weighted by Gasteiger charge is 2.65. The Labute approximate surface area is 125 Å². The average Bonchev–Trinajstić information content (AvgIpc) is 2.40. The van der Waals surface area contributed by atoms with Crippen LogP contribution in [0, 0.1) is 24.7 Å². The molecule has 0 radical (unpaired) electrons. The van der Waals surface area contributed by atoms with Crippen molar-refractivity contribution in [1.82, 2.24) is 4.90 Å². The minimum Gasteiger partial charge on any atom is -0.328 e. The first-order valence-electron chi connectivity index (χ1n) is 5.58. The van der Waals surface area contributed by atoms with Gasteiger partial charge in [0.25, 0.3) is 5.91 Å². The number of hydrogen-bond acceptors (Lipinski definition) is 2. The zero-order chi connectivity index (χ0) is 18.5. The molecular formula is C12H9F8NO2. The van der Waals surface area contributed by atoms with Crippen LogP contribution in [0.4, 0.5) is 35.1 Å². The van der Waals surface area contributed by atoms with E-state index >= 15 is 0 Å². The van der Waals surface area contributed by atoms with E-state index in [1.54, 1.807) is 11.8 Å². The summed E-state index contributed by atoms with van der Waals surface area (Å²) in [7, 11) is 0. The lowest BCUT2D eigenvalue weighted by atomic mass is 10.2. The Bertz CT molecular complexity index is 485. The van der Waals surface area contributed by atoms with Crippen molar-refractivity contribution in [2.24, 2.45) is 0 Å². The Morgan fingerprint density at radius 1 is 1.04 bits per heavy atom. The Kier molecular flexibility index (Phi) is 6.85. The molecule has 2 atom stereocenters. The molecule has 0 aliphatic heterocycles. The highest BCUT2D eigenvalue weighted by molar-refractivity contribution is 5.85. The van der Waals surface area contributed by atoms with E-state index in [-0.39, 0.29) is 4.90 Å². The smallest absolute Gasteiger partial charge is 0.328 e. The molecule has 0 heterocycles. The van der Waals surface area contributed by atoms with Gasteiger partial charge in [0.2, 0.25) is 6.17 Å². The summed E-state index contributed by atoms with van der Waals surface area (Å²) in [6.07, 6.45) is -6.08. The van der Waals surface area contributed by atoms with Gasteiger partial charge in [0.05, 0.1) is 19.7 Å². The fourth-order valence-corrected chi connectivity index (χ4v) is 1.17. The molecule has 2 unspecified atom stereocenters. The van der Waals surface area contributed by atoms with Gasteiger partial charge in [0.15, 0.2) is 0 Å². The second kappa shape index (κ2) is 7.51. The number of carbonyl (C=O) groups excluding carboxylic acids is 1. The number of carbonyl (C=O) groups is 1. The molecule has 1 amide bonds. The third-order valence-corrected chi connectivity index (χ3v) is 2.27. The van der Waals surface area contributed by atoms with Crippen LogP contribution in [0.15, 0.2) is 0 Å². The van der Waals surface area contributed by atoms with Crippen LogP contribution in [-0.2, 0) is 9.53 Å². The number of alkyl halides is 8. The maximum Gasteiger partial charge on any atom is 0.458 e. The lowest BCUT2D eigenvalue weighted by Gasteiger charge is -2.31. The summed E-state index contributed by atoms with van der Waals surface area (Å²) >= 11 is 0. The fraction of sp³-hybridized carbons (Fsp3) is 0.583. The third kappa shape index (κ3) is 5.28. The van der Waals surface area contributed by atoms with Crippen molar-refractivity contribution in [3.05, 3.63) is 0 Å². The van der Waals surface area contributed by atoms with Crippen molar-refractivity contribution < 1.29 is 44.7 Å². The summed E-state index contributed by atoms with van der Waals surface area (Å²) in [5.74, 6) is -4.28. The number of hydrogen-bond donors (Lipinski definition) is 0. The zero-order valence-electron chi connectivity index (χ0n) is 11.1. The number of halogens is 8. The van der Waals surface area contributed by atoms with Gasteiger partial charge in [-0.2, -0.15) is 30.7 Å². The van der Waals surface area contributed by atoms with Gasteiger partial charge in [-0.1, -0.05) is 11.8 Å². The summed E-state index contributed by atoms with van der Waals surface area (Å²) in [5, 5.41) is 0. The zero-order valence-corrected chi connectivity index (χ0v) is 11.1. The lowest BCUT2D eigenvalue weighted by molar-refractivity contribution is -0.328. The summed E-state index contributed by atoms with van der Waals surface area (Å²) in [4.78, 5) is 11.6. The van der Waals surface area contributed by atoms with E-state index in [0.29, 0.717) is 0 Å². The predicted octanol–water partition coefficient (Wildman–Crippen LogP) is 2.23. The van der Waals surface area contributed by atoms with Gasteiger partial charge >= 0.3 is 18.2 Å². The summed E-state index contributed by atoms with van der Waals surface area (Å²) < 4.78 is 104. The molecule has 0 saturated carbocycles. The molecule has 0 saturated heterocycles. The molecule has 0 aromatic rings. The van der Waals surface area contributed by atoms with E-state index < -0.39 is 50.0 Å². The van der Waals surface area contributed by atoms with E-state index in [2.05, 4.69) is 4.74 Å². The molecule has 0 spiro atoms. The van der Waals surface area contributed by atoms with Crippen LogP contribution in [-0.4, -0.2) is 54.9 Å². The largest absolute Gasteiger partial charge is 0.458 e. The Balaban J connectivity index is 5.46.